The molecule has 9 atom stereocenters. The summed E-state index contributed by atoms with van der Waals surface area (Å²) in [5, 5.41) is 8.82. The third-order valence-electron chi connectivity index (χ3n) is 11.3. The van der Waals surface area contributed by atoms with Crippen LogP contribution in [0.3, 0.4) is 0 Å². The fourth-order valence-corrected chi connectivity index (χ4v) is 7.27. The summed E-state index contributed by atoms with van der Waals surface area (Å²) in [6.45, 7) is 15.7. The number of nitrogens with zero attached hydrogens (tertiary/aromatic N) is 2. The standard InChI is InChI=1S/C40H69N5O8/c1-14-26(5)34(44(10)37(48)33(24(2)3)43-39(50)40(7,8)41-9)31(51-11)23-32(46)45-21-15-16-30(45)35(52-12)27(6)36(47)42-29(38(49)53-13)22-28-19-17-25(4)18-20-28/h17,19-20,24-27,29-31,33-35,41H,14-16,18,21-23H2,1-13H3,(H,42,47)(H,43,50)/t25?,26-,27+,29-,30-,31+,33-,34-,35+/m0/s1. The van der Waals surface area contributed by atoms with E-state index in [2.05, 4.69) is 35.0 Å². The molecule has 0 saturated carbocycles. The quantitative estimate of drug-likeness (QED) is 0.159. The summed E-state index contributed by atoms with van der Waals surface area (Å²) in [6.07, 6.45) is 8.16. The van der Waals surface area contributed by atoms with Crippen molar-refractivity contribution in [2.24, 2.45) is 23.7 Å². The lowest BCUT2D eigenvalue weighted by Gasteiger charge is -2.41. The zero-order valence-electron chi connectivity index (χ0n) is 34.6. The zero-order valence-corrected chi connectivity index (χ0v) is 34.6. The first-order valence-electron chi connectivity index (χ1n) is 19.3. The minimum atomic E-state index is -0.875. The van der Waals surface area contributed by atoms with Crippen LogP contribution in [0.25, 0.3) is 0 Å². The third kappa shape index (κ3) is 12.1. The molecule has 0 spiro atoms. The number of carbonyl (C=O) groups is 5. The Morgan fingerprint density at radius 1 is 1.04 bits per heavy atom. The van der Waals surface area contributed by atoms with E-state index in [9.17, 15) is 24.0 Å². The molecule has 1 aliphatic carbocycles. The number of carbonyl (C=O) groups excluding carboxylic acids is 5. The molecule has 1 saturated heterocycles. The van der Waals surface area contributed by atoms with Crippen LogP contribution in [0.1, 0.15) is 93.9 Å². The van der Waals surface area contributed by atoms with E-state index in [1.165, 1.54) is 14.2 Å². The van der Waals surface area contributed by atoms with Gasteiger partial charge in [-0.2, -0.15) is 0 Å². The summed E-state index contributed by atoms with van der Waals surface area (Å²) in [7, 11) is 7.79. The van der Waals surface area contributed by atoms with Gasteiger partial charge < -0.3 is 40.0 Å². The van der Waals surface area contributed by atoms with Gasteiger partial charge in [0.1, 0.15) is 12.1 Å². The highest BCUT2D eigenvalue weighted by Gasteiger charge is 2.43. The molecule has 2 rings (SSSR count). The summed E-state index contributed by atoms with van der Waals surface area (Å²) >= 11 is 0. The predicted molar refractivity (Wildman–Crippen MR) is 206 cm³/mol. The van der Waals surface area contributed by atoms with E-state index < -0.39 is 47.8 Å². The second kappa shape index (κ2) is 21.0. The van der Waals surface area contributed by atoms with E-state index in [0.29, 0.717) is 25.3 Å². The van der Waals surface area contributed by atoms with Gasteiger partial charge >= 0.3 is 5.97 Å². The van der Waals surface area contributed by atoms with Crippen molar-refractivity contribution in [3.63, 3.8) is 0 Å². The Labute approximate surface area is 318 Å². The van der Waals surface area contributed by atoms with Crippen molar-refractivity contribution in [1.82, 2.24) is 25.8 Å². The normalized spacial score (nSPS) is 21.5. The van der Waals surface area contributed by atoms with Gasteiger partial charge in [-0.3, -0.25) is 19.2 Å². The highest BCUT2D eigenvalue weighted by Crippen LogP contribution is 2.30. The van der Waals surface area contributed by atoms with Crippen LogP contribution in [0.2, 0.25) is 0 Å². The molecular weight excluding hydrogens is 678 g/mol. The Morgan fingerprint density at radius 3 is 2.21 bits per heavy atom. The van der Waals surface area contributed by atoms with Crippen molar-refractivity contribution < 1.29 is 38.2 Å². The number of rotatable bonds is 20. The number of likely N-dealkylation sites (N-methyl/N-ethyl adjacent to an activating group) is 2. The maximum absolute atomic E-state index is 14.2. The van der Waals surface area contributed by atoms with Crippen LogP contribution in [-0.2, 0) is 38.2 Å². The molecule has 1 unspecified atom stereocenters. The molecule has 2 aliphatic rings. The molecule has 0 radical (unpaired) electrons. The summed E-state index contributed by atoms with van der Waals surface area (Å²) in [4.78, 5) is 71.2. The topological polar surface area (TPSA) is 156 Å². The van der Waals surface area contributed by atoms with Crippen molar-refractivity contribution in [3.8, 4) is 0 Å². The molecule has 0 aromatic carbocycles. The largest absolute Gasteiger partial charge is 0.467 e. The molecule has 53 heavy (non-hydrogen) atoms. The van der Waals surface area contributed by atoms with Crippen LogP contribution >= 0.6 is 0 Å². The minimum Gasteiger partial charge on any atom is -0.467 e. The monoisotopic (exact) mass is 748 g/mol. The highest BCUT2D eigenvalue weighted by atomic mass is 16.5. The van der Waals surface area contributed by atoms with E-state index in [1.807, 2.05) is 33.8 Å². The molecular formula is C40H69N5O8. The first kappa shape index (κ1) is 45.9. The van der Waals surface area contributed by atoms with E-state index in [-0.39, 0.29) is 47.9 Å². The van der Waals surface area contributed by atoms with Crippen LogP contribution < -0.4 is 16.0 Å². The molecule has 3 N–H and O–H groups in total. The highest BCUT2D eigenvalue weighted by molar-refractivity contribution is 5.92. The molecule has 13 nitrogen and oxygen atoms in total. The third-order valence-corrected chi connectivity index (χ3v) is 11.3. The van der Waals surface area contributed by atoms with Gasteiger partial charge in [0.15, 0.2) is 0 Å². The van der Waals surface area contributed by atoms with Gasteiger partial charge in [-0.25, -0.2) is 4.79 Å². The average molecular weight is 748 g/mol. The summed E-state index contributed by atoms with van der Waals surface area (Å²) in [6, 6.07) is -2.49. The van der Waals surface area contributed by atoms with Crippen molar-refractivity contribution in [2.45, 2.75) is 136 Å². The summed E-state index contributed by atoms with van der Waals surface area (Å²) in [5.74, 6) is -2.09. The fraction of sp³-hybridized carbons (Fsp3) is 0.775. The first-order chi connectivity index (χ1) is 24.9. The van der Waals surface area contributed by atoms with Gasteiger partial charge in [-0.05, 0) is 63.5 Å². The Kier molecular flexibility index (Phi) is 18.1. The van der Waals surface area contributed by atoms with Crippen LogP contribution in [-0.4, -0.2) is 123 Å². The SMILES string of the molecule is CC[C@H](C)[C@@H]([C@@H](CC(=O)N1CCC[C@H]1[C@H](OC)[C@@H](C)C(=O)N[C@@H](CC1=CCC(C)C=C1)C(=O)OC)OC)N(C)C(=O)[C@@H](NC(=O)C(C)(C)NC)C(C)C. The number of methoxy groups -OCH3 is 3. The Hall–Kier alpha value is -3.29. The molecule has 302 valence electrons. The van der Waals surface area contributed by atoms with Gasteiger partial charge in [-0.1, -0.05) is 66.2 Å². The van der Waals surface area contributed by atoms with Gasteiger partial charge in [0.05, 0.1) is 49.3 Å². The smallest absolute Gasteiger partial charge is 0.328 e. The predicted octanol–water partition coefficient (Wildman–Crippen LogP) is 3.62. The number of hydrogen-bond donors (Lipinski definition) is 3. The van der Waals surface area contributed by atoms with Crippen LogP contribution in [0.15, 0.2) is 23.8 Å². The van der Waals surface area contributed by atoms with E-state index >= 15 is 0 Å². The Balaban J connectivity index is 2.27. The van der Waals surface area contributed by atoms with E-state index in [1.54, 1.807) is 51.8 Å². The zero-order chi connectivity index (χ0) is 40.2. The van der Waals surface area contributed by atoms with E-state index in [0.717, 1.165) is 24.8 Å². The van der Waals surface area contributed by atoms with E-state index in [4.69, 9.17) is 14.2 Å². The number of amides is 4. The van der Waals surface area contributed by atoms with Gasteiger partial charge in [0, 0.05) is 34.2 Å². The molecule has 1 fully saturated rings. The number of ether oxygens (including phenoxy) is 3. The van der Waals surface area contributed by atoms with Crippen molar-refractivity contribution in [2.75, 3.05) is 42.0 Å². The summed E-state index contributed by atoms with van der Waals surface area (Å²) < 4.78 is 16.9. The van der Waals surface area contributed by atoms with Gasteiger partial charge in [0.2, 0.25) is 23.6 Å². The number of nitrogens with one attached hydrogen (secondary N) is 3. The van der Waals surface area contributed by atoms with Crippen LogP contribution in [0.5, 0.6) is 0 Å². The first-order valence-corrected chi connectivity index (χ1v) is 19.3. The minimum absolute atomic E-state index is 0.00773. The van der Waals surface area contributed by atoms with Crippen LogP contribution in [0.4, 0.5) is 0 Å². The Bertz CT molecular complexity index is 1320. The lowest BCUT2D eigenvalue weighted by Crippen LogP contribution is -2.61. The molecule has 1 heterocycles. The molecule has 0 aromatic rings. The molecule has 13 heteroatoms. The van der Waals surface area contributed by atoms with Crippen molar-refractivity contribution >= 4 is 29.6 Å². The van der Waals surface area contributed by atoms with Crippen LogP contribution in [0, 0.1) is 23.7 Å². The van der Waals surface area contributed by atoms with Gasteiger partial charge in [-0.15, -0.1) is 0 Å². The van der Waals surface area contributed by atoms with Gasteiger partial charge in [0.25, 0.3) is 0 Å². The number of allylic oxidation sites excluding steroid dienone is 3. The number of likely N-dealkylation sites (tertiary alicyclic amines) is 1. The number of hydrogen-bond acceptors (Lipinski definition) is 9. The lowest BCUT2D eigenvalue weighted by molar-refractivity contribution is -0.149. The molecule has 0 bridgehead atoms. The second-order valence-corrected chi connectivity index (χ2v) is 15.8. The Morgan fingerprint density at radius 2 is 1.70 bits per heavy atom. The molecule has 4 amide bonds. The summed E-state index contributed by atoms with van der Waals surface area (Å²) in [5.41, 5.74) is 0.0840. The maximum atomic E-state index is 14.2. The lowest BCUT2D eigenvalue weighted by atomic mass is 9.89. The maximum Gasteiger partial charge on any atom is 0.328 e. The van der Waals surface area contributed by atoms with Crippen molar-refractivity contribution in [1.29, 1.82) is 0 Å². The molecule has 0 aromatic heterocycles. The van der Waals surface area contributed by atoms with Crippen molar-refractivity contribution in [3.05, 3.63) is 23.8 Å². The second-order valence-electron chi connectivity index (χ2n) is 15.8. The molecule has 1 aliphatic heterocycles. The average Bonchev–Trinajstić information content (AvgIpc) is 3.62. The fourth-order valence-electron chi connectivity index (χ4n) is 7.27. The number of esters is 1.